The summed E-state index contributed by atoms with van der Waals surface area (Å²) >= 11 is 2.45. The van der Waals surface area contributed by atoms with Crippen molar-refractivity contribution in [2.24, 2.45) is 0 Å². The number of rotatable bonds is 12. The number of carbonyl (C=O) groups excluding carboxylic acids is 1. The predicted octanol–water partition coefficient (Wildman–Crippen LogP) is 9.74. The third-order valence-corrected chi connectivity index (χ3v) is 7.10. The van der Waals surface area contributed by atoms with Crippen molar-refractivity contribution in [2.75, 3.05) is 0 Å². The summed E-state index contributed by atoms with van der Waals surface area (Å²) in [5.74, 6) is 0.249. The molecule has 0 saturated heterocycles. The maximum Gasteiger partial charge on any atom is 0.158 e. The second kappa shape index (κ2) is 14.5. The zero-order valence-corrected chi connectivity index (χ0v) is 24.8. The van der Waals surface area contributed by atoms with Crippen LogP contribution in [0.25, 0.3) is 22.3 Å². The number of alkyl halides is 1. The lowest BCUT2D eigenvalue weighted by molar-refractivity contribution is -0.115. The highest BCUT2D eigenvalue weighted by molar-refractivity contribution is 14.1. The molecule has 2 aromatic rings. The summed E-state index contributed by atoms with van der Waals surface area (Å²) in [6.45, 7) is 14.8. The molecular formula is C32H42INO. The van der Waals surface area contributed by atoms with Gasteiger partial charge in [-0.15, -0.1) is 0 Å². The minimum Gasteiger partial charge on any atom is -0.295 e. The van der Waals surface area contributed by atoms with Crippen molar-refractivity contribution >= 4 is 39.5 Å². The first kappa shape index (κ1) is 29.2. The fourth-order valence-electron chi connectivity index (χ4n) is 4.36. The summed E-state index contributed by atoms with van der Waals surface area (Å²) in [7, 11) is 0. The minimum atomic E-state index is 0.187. The van der Waals surface area contributed by atoms with E-state index in [-0.39, 0.29) is 9.71 Å². The van der Waals surface area contributed by atoms with Crippen molar-refractivity contribution in [1.29, 1.82) is 0 Å². The van der Waals surface area contributed by atoms with Crippen LogP contribution in [-0.4, -0.2) is 14.7 Å². The van der Waals surface area contributed by atoms with Crippen LogP contribution in [0.5, 0.6) is 0 Å². The zero-order valence-electron chi connectivity index (χ0n) is 22.7. The highest BCUT2D eigenvalue weighted by Crippen LogP contribution is 2.38. The first-order chi connectivity index (χ1) is 16.7. The molecule has 3 heteroatoms. The Kier molecular flexibility index (Phi) is 12.1. The van der Waals surface area contributed by atoms with E-state index in [1.54, 1.807) is 0 Å². The lowest BCUT2D eigenvalue weighted by Crippen LogP contribution is -2.11. The SMILES string of the molecule is C/C=C\C=C(/C)c1cc(-c2ccc(CCCC)cc2)c(/C(=C(\C)C(=O)CCCC)C(C)I)c(C)n1. The van der Waals surface area contributed by atoms with E-state index in [1.165, 1.54) is 24.0 Å². The Hall–Kier alpha value is -2.01. The quantitative estimate of drug-likeness (QED) is 0.108. The first-order valence-corrected chi connectivity index (χ1v) is 14.3. The molecule has 2 nitrogen and oxygen atoms in total. The number of hydrogen-bond acceptors (Lipinski definition) is 2. The fraction of sp³-hybridized carbons (Fsp3) is 0.438. The molecule has 1 heterocycles. The largest absolute Gasteiger partial charge is 0.295 e. The normalized spacial score (nSPS) is 13.8. The third-order valence-electron chi connectivity index (χ3n) is 6.47. The summed E-state index contributed by atoms with van der Waals surface area (Å²) in [6, 6.07) is 11.2. The van der Waals surface area contributed by atoms with Crippen LogP contribution in [0.1, 0.15) is 96.2 Å². The van der Waals surface area contributed by atoms with E-state index in [0.29, 0.717) is 6.42 Å². The van der Waals surface area contributed by atoms with Gasteiger partial charge < -0.3 is 0 Å². The Bertz CT molecular complexity index is 1090. The second-order valence-electron chi connectivity index (χ2n) is 9.37. The maximum atomic E-state index is 13.1. The zero-order chi connectivity index (χ0) is 26.0. The van der Waals surface area contributed by atoms with Crippen LogP contribution in [0.2, 0.25) is 0 Å². The van der Waals surface area contributed by atoms with Crippen LogP contribution in [0.15, 0.2) is 54.1 Å². The molecule has 0 aliphatic carbocycles. The maximum absolute atomic E-state index is 13.1. The number of hydrogen-bond donors (Lipinski definition) is 0. The molecule has 0 aliphatic rings. The van der Waals surface area contributed by atoms with Gasteiger partial charge in [0.05, 0.1) is 5.69 Å². The van der Waals surface area contributed by atoms with Gasteiger partial charge in [0.15, 0.2) is 5.78 Å². The van der Waals surface area contributed by atoms with E-state index in [4.69, 9.17) is 4.98 Å². The molecule has 0 fully saturated rings. The number of unbranched alkanes of at least 4 members (excludes halogenated alkanes) is 2. The van der Waals surface area contributed by atoms with Gasteiger partial charge in [-0.05, 0) is 93.4 Å². The van der Waals surface area contributed by atoms with Crippen molar-refractivity contribution in [3.63, 3.8) is 0 Å². The van der Waals surface area contributed by atoms with E-state index >= 15 is 0 Å². The Labute approximate surface area is 227 Å². The van der Waals surface area contributed by atoms with Crippen molar-refractivity contribution < 1.29 is 4.79 Å². The van der Waals surface area contributed by atoms with Gasteiger partial charge in [0, 0.05) is 21.6 Å². The number of carbonyl (C=O) groups is 1. The molecule has 1 unspecified atom stereocenters. The average molecular weight is 584 g/mol. The van der Waals surface area contributed by atoms with Crippen LogP contribution in [0, 0.1) is 6.92 Å². The number of aryl methyl sites for hydroxylation is 2. The first-order valence-electron chi connectivity index (χ1n) is 13.0. The van der Waals surface area contributed by atoms with Gasteiger partial charge in [0.25, 0.3) is 0 Å². The molecule has 35 heavy (non-hydrogen) atoms. The van der Waals surface area contributed by atoms with Gasteiger partial charge in [-0.1, -0.05) is 91.8 Å². The van der Waals surface area contributed by atoms with E-state index in [1.807, 2.05) is 19.9 Å². The van der Waals surface area contributed by atoms with E-state index < -0.39 is 0 Å². The highest BCUT2D eigenvalue weighted by Gasteiger charge is 2.23. The van der Waals surface area contributed by atoms with Crippen LogP contribution < -0.4 is 0 Å². The third kappa shape index (κ3) is 7.99. The van der Waals surface area contributed by atoms with Gasteiger partial charge in [-0.25, -0.2) is 0 Å². The summed E-state index contributed by atoms with van der Waals surface area (Å²) in [5.41, 5.74) is 9.88. The molecule has 188 valence electrons. The lowest BCUT2D eigenvalue weighted by Gasteiger charge is -2.22. The van der Waals surface area contributed by atoms with Gasteiger partial charge in [-0.3, -0.25) is 9.78 Å². The molecule has 0 N–H and O–H groups in total. The van der Waals surface area contributed by atoms with Gasteiger partial charge >= 0.3 is 0 Å². The molecule has 2 rings (SSSR count). The lowest BCUT2D eigenvalue weighted by atomic mass is 9.87. The van der Waals surface area contributed by atoms with Crippen molar-refractivity contribution in [3.05, 3.63) is 76.6 Å². The van der Waals surface area contributed by atoms with Crippen LogP contribution in [-0.2, 0) is 11.2 Å². The average Bonchev–Trinajstić information content (AvgIpc) is 2.85. The molecule has 0 aliphatic heterocycles. The van der Waals surface area contributed by atoms with Crippen LogP contribution >= 0.6 is 22.6 Å². The van der Waals surface area contributed by atoms with Crippen molar-refractivity contribution in [3.8, 4) is 11.1 Å². The van der Waals surface area contributed by atoms with E-state index in [9.17, 15) is 4.79 Å². The summed E-state index contributed by atoms with van der Waals surface area (Å²) in [4.78, 5) is 18.1. The smallest absolute Gasteiger partial charge is 0.158 e. The molecule has 1 atom stereocenters. The molecule has 1 aromatic heterocycles. The molecule has 0 saturated carbocycles. The van der Waals surface area contributed by atoms with Crippen molar-refractivity contribution in [2.45, 2.75) is 90.9 Å². The van der Waals surface area contributed by atoms with Gasteiger partial charge in [-0.2, -0.15) is 0 Å². The minimum absolute atomic E-state index is 0.187. The Morgan fingerprint density at radius 1 is 1.09 bits per heavy atom. The van der Waals surface area contributed by atoms with Crippen LogP contribution in [0.3, 0.4) is 0 Å². The summed E-state index contributed by atoms with van der Waals surface area (Å²) < 4.78 is 0.187. The van der Waals surface area contributed by atoms with Gasteiger partial charge in [0.1, 0.15) is 0 Å². The summed E-state index contributed by atoms with van der Waals surface area (Å²) in [5, 5.41) is 0. The summed E-state index contributed by atoms with van der Waals surface area (Å²) in [6.07, 6.45) is 12.3. The molecule has 0 radical (unpaired) electrons. The number of aromatic nitrogens is 1. The predicted molar refractivity (Wildman–Crippen MR) is 162 cm³/mol. The van der Waals surface area contributed by atoms with Crippen molar-refractivity contribution in [1.82, 2.24) is 4.98 Å². The second-order valence-corrected chi connectivity index (χ2v) is 11.2. The van der Waals surface area contributed by atoms with E-state index in [0.717, 1.165) is 58.5 Å². The number of Topliss-reactive ketones (excluding diaryl/α,β-unsaturated/α-hetero) is 1. The number of benzene rings is 1. The highest BCUT2D eigenvalue weighted by atomic mass is 127. The Morgan fingerprint density at radius 2 is 1.74 bits per heavy atom. The molecule has 0 amide bonds. The molecule has 1 aromatic carbocycles. The Balaban J connectivity index is 2.79. The van der Waals surface area contributed by atoms with Gasteiger partial charge in [0.2, 0.25) is 0 Å². The molecular weight excluding hydrogens is 541 g/mol. The van der Waals surface area contributed by atoms with Crippen LogP contribution in [0.4, 0.5) is 0 Å². The van der Waals surface area contributed by atoms with E-state index in [2.05, 4.69) is 99.7 Å². The molecule has 0 spiro atoms. The number of nitrogens with zero attached hydrogens (tertiary/aromatic N) is 1. The number of ketones is 1. The fourth-order valence-corrected chi connectivity index (χ4v) is 5.14. The Morgan fingerprint density at radius 3 is 2.31 bits per heavy atom. The standard InChI is InChI=1S/C32H42INO/c1-8-11-14-22(4)29-21-28(27-19-17-26(18-20-27)15-12-9-2)32(25(7)34-29)31(24(6)33)23(5)30(35)16-13-10-3/h8,11,14,17-21,24H,9-10,12-13,15-16H2,1-7H3/b11-8-,22-14+,31-23+. The monoisotopic (exact) mass is 583 g/mol. The number of halogens is 1. The topological polar surface area (TPSA) is 30.0 Å². The number of pyridine rings is 1. The molecule has 0 bridgehead atoms. The number of allylic oxidation sites excluding steroid dienone is 6.